The van der Waals surface area contributed by atoms with Crippen LogP contribution in [0.1, 0.15) is 36.8 Å². The third-order valence-electron chi connectivity index (χ3n) is 6.86. The van der Waals surface area contributed by atoms with Crippen LogP contribution in [-0.2, 0) is 46.6 Å². The molecule has 0 aliphatic carbocycles. The number of hydrogen-bond donors (Lipinski definition) is 6. The molecule has 14 nitrogen and oxygen atoms in total. The normalized spacial score (nSPS) is 12.8. The first kappa shape index (κ1) is 35.1. The van der Waals surface area contributed by atoms with Gasteiger partial charge in [0.05, 0.1) is 26.2 Å². The molecule has 0 bridgehead atoms. The molecule has 1 heterocycles. The van der Waals surface area contributed by atoms with Crippen LogP contribution >= 0.6 is 0 Å². The van der Waals surface area contributed by atoms with Crippen LogP contribution in [0.2, 0.25) is 0 Å². The summed E-state index contributed by atoms with van der Waals surface area (Å²) in [6.07, 6.45) is 4.39. The van der Waals surface area contributed by atoms with E-state index in [4.69, 9.17) is 5.11 Å². The highest BCUT2D eigenvalue weighted by Crippen LogP contribution is 2.10. The number of aliphatic hydroxyl groups excluding tert-OH is 1. The third kappa shape index (κ3) is 12.3. The molecule has 244 valence electrons. The van der Waals surface area contributed by atoms with Crippen LogP contribution < -0.4 is 26.6 Å². The van der Waals surface area contributed by atoms with Crippen molar-refractivity contribution in [3.63, 3.8) is 0 Å². The van der Waals surface area contributed by atoms with Crippen molar-refractivity contribution in [2.75, 3.05) is 31.5 Å². The molecule has 46 heavy (non-hydrogen) atoms. The molecule has 0 saturated carbocycles. The highest BCUT2D eigenvalue weighted by molar-refractivity contribution is 6.12. The van der Waals surface area contributed by atoms with E-state index >= 15 is 0 Å². The van der Waals surface area contributed by atoms with Gasteiger partial charge in [-0.15, -0.1) is 0 Å². The van der Waals surface area contributed by atoms with Crippen LogP contribution in [0.25, 0.3) is 0 Å². The van der Waals surface area contributed by atoms with E-state index < -0.39 is 36.2 Å². The number of carbonyl (C=O) groups excluding carboxylic acids is 7. The topological polar surface area (TPSA) is 203 Å². The number of unbranched alkanes of at least 4 members (excludes halogenated alkanes) is 2. The van der Waals surface area contributed by atoms with Gasteiger partial charge >= 0.3 is 0 Å². The quantitative estimate of drug-likeness (QED) is 0.0945. The summed E-state index contributed by atoms with van der Waals surface area (Å²) in [5, 5.41) is 21.7. The molecule has 6 N–H and O–H groups in total. The van der Waals surface area contributed by atoms with Crippen molar-refractivity contribution in [3.8, 4) is 0 Å². The van der Waals surface area contributed by atoms with Gasteiger partial charge in [0.25, 0.3) is 11.8 Å². The number of amides is 7. The van der Waals surface area contributed by atoms with E-state index in [-0.39, 0.29) is 56.8 Å². The Morgan fingerprint density at radius 2 is 1.30 bits per heavy atom. The van der Waals surface area contributed by atoms with Crippen LogP contribution in [0.15, 0.2) is 66.7 Å². The number of anilines is 1. The lowest BCUT2D eigenvalue weighted by molar-refractivity contribution is -0.137. The monoisotopic (exact) mass is 634 g/mol. The van der Waals surface area contributed by atoms with E-state index in [9.17, 15) is 33.6 Å². The van der Waals surface area contributed by atoms with Crippen molar-refractivity contribution in [2.24, 2.45) is 0 Å². The van der Waals surface area contributed by atoms with E-state index in [0.717, 1.165) is 10.5 Å². The molecule has 1 atom stereocenters. The van der Waals surface area contributed by atoms with Gasteiger partial charge in [-0.3, -0.25) is 38.5 Å². The summed E-state index contributed by atoms with van der Waals surface area (Å²) in [6, 6.07) is 14.5. The van der Waals surface area contributed by atoms with Crippen LogP contribution in [-0.4, -0.2) is 83.6 Å². The molecule has 14 heteroatoms. The standard InChI is InChI=1S/C32H38N6O8/c39-21-23-10-12-24(13-11-23)36-28(42)20-35-32(46)25(17-22-7-3-1-4-8-22)37-29(43)19-34-27(41)18-33-26(40)9-5-2-6-16-38-30(44)14-15-31(38)45/h1,3-4,7-8,10-15,25,39H,2,5-6,9,16-21H2,(H,33,40)(H,34,41)(H,35,46)(H,36,42)(H,37,43). The number of benzene rings is 2. The van der Waals surface area contributed by atoms with Gasteiger partial charge < -0.3 is 31.7 Å². The Hall–Kier alpha value is -5.37. The minimum atomic E-state index is -1.04. The molecule has 0 saturated heterocycles. The first-order valence-electron chi connectivity index (χ1n) is 14.8. The Kier molecular flexibility index (Phi) is 14.1. The van der Waals surface area contributed by atoms with Crippen LogP contribution in [0.4, 0.5) is 5.69 Å². The van der Waals surface area contributed by atoms with Gasteiger partial charge in [0, 0.05) is 37.2 Å². The number of rotatable bonds is 18. The Labute approximate surface area is 266 Å². The largest absolute Gasteiger partial charge is 0.392 e. The molecule has 0 aromatic heterocycles. The predicted octanol–water partition coefficient (Wildman–Crippen LogP) is -0.321. The zero-order chi connectivity index (χ0) is 33.3. The molecule has 1 aliphatic rings. The molecular weight excluding hydrogens is 596 g/mol. The van der Waals surface area contributed by atoms with Gasteiger partial charge in [0.1, 0.15) is 6.04 Å². The molecule has 1 unspecified atom stereocenters. The smallest absolute Gasteiger partial charge is 0.253 e. The summed E-state index contributed by atoms with van der Waals surface area (Å²) in [5.41, 5.74) is 1.93. The summed E-state index contributed by atoms with van der Waals surface area (Å²) in [6.45, 7) is -0.995. The first-order valence-corrected chi connectivity index (χ1v) is 14.8. The fourth-order valence-corrected chi connectivity index (χ4v) is 4.39. The van der Waals surface area contributed by atoms with E-state index in [1.807, 2.05) is 6.07 Å². The fraction of sp³-hybridized carbons (Fsp3) is 0.344. The van der Waals surface area contributed by atoms with E-state index in [2.05, 4.69) is 26.6 Å². The fourth-order valence-electron chi connectivity index (χ4n) is 4.39. The minimum absolute atomic E-state index is 0.130. The van der Waals surface area contributed by atoms with Crippen molar-refractivity contribution >= 4 is 47.0 Å². The maximum atomic E-state index is 13.0. The summed E-state index contributed by atoms with van der Waals surface area (Å²) < 4.78 is 0. The lowest BCUT2D eigenvalue weighted by Gasteiger charge is -2.19. The van der Waals surface area contributed by atoms with E-state index in [0.29, 0.717) is 30.5 Å². The SMILES string of the molecule is O=C(CCCCCN1C(=O)C=CC1=O)NCC(=O)NCC(=O)NC(Cc1ccccc1)C(=O)NCC(=O)Nc1ccc(CO)cc1. The van der Waals surface area contributed by atoms with Crippen molar-refractivity contribution in [1.29, 1.82) is 0 Å². The highest BCUT2D eigenvalue weighted by atomic mass is 16.3. The molecule has 2 aromatic rings. The molecule has 0 spiro atoms. The lowest BCUT2D eigenvalue weighted by atomic mass is 10.1. The summed E-state index contributed by atoms with van der Waals surface area (Å²) >= 11 is 0. The molecule has 1 aliphatic heterocycles. The second kappa shape index (κ2) is 18.4. The van der Waals surface area contributed by atoms with Crippen LogP contribution in [0, 0.1) is 0 Å². The Morgan fingerprint density at radius 3 is 1.98 bits per heavy atom. The number of hydrogen-bond acceptors (Lipinski definition) is 8. The predicted molar refractivity (Wildman–Crippen MR) is 166 cm³/mol. The molecular formula is C32H38N6O8. The second-order valence-corrected chi connectivity index (χ2v) is 10.5. The zero-order valence-corrected chi connectivity index (χ0v) is 25.3. The molecule has 7 amide bonds. The summed E-state index contributed by atoms with van der Waals surface area (Å²) in [5.74, 6) is -3.39. The second-order valence-electron chi connectivity index (χ2n) is 10.5. The van der Waals surface area contributed by atoms with Crippen LogP contribution in [0.3, 0.4) is 0 Å². The van der Waals surface area contributed by atoms with Gasteiger partial charge in [-0.1, -0.05) is 48.9 Å². The van der Waals surface area contributed by atoms with Gasteiger partial charge in [-0.05, 0) is 36.1 Å². The molecule has 3 rings (SSSR count). The lowest BCUT2D eigenvalue weighted by Crippen LogP contribution is -2.52. The Balaban J connectivity index is 1.37. The highest BCUT2D eigenvalue weighted by Gasteiger charge is 2.23. The van der Waals surface area contributed by atoms with Crippen molar-refractivity contribution in [1.82, 2.24) is 26.2 Å². The summed E-state index contributed by atoms with van der Waals surface area (Å²) in [7, 11) is 0. The first-order chi connectivity index (χ1) is 22.1. The zero-order valence-electron chi connectivity index (χ0n) is 25.3. The number of imide groups is 1. The molecule has 2 aromatic carbocycles. The van der Waals surface area contributed by atoms with Crippen LogP contribution in [0.5, 0.6) is 0 Å². The van der Waals surface area contributed by atoms with Crippen molar-refractivity contribution < 1.29 is 38.7 Å². The van der Waals surface area contributed by atoms with Crippen molar-refractivity contribution in [3.05, 3.63) is 77.9 Å². The van der Waals surface area contributed by atoms with Gasteiger partial charge in [0.15, 0.2) is 0 Å². The average Bonchev–Trinajstić information content (AvgIpc) is 3.38. The Bertz CT molecular complexity index is 1410. The summed E-state index contributed by atoms with van der Waals surface area (Å²) in [4.78, 5) is 86.4. The van der Waals surface area contributed by atoms with Gasteiger partial charge in [0.2, 0.25) is 29.5 Å². The number of nitrogens with one attached hydrogen (secondary N) is 5. The third-order valence-corrected chi connectivity index (χ3v) is 6.86. The maximum absolute atomic E-state index is 13.0. The number of aliphatic hydroxyl groups is 1. The van der Waals surface area contributed by atoms with Gasteiger partial charge in [-0.2, -0.15) is 0 Å². The number of nitrogens with zero attached hydrogens (tertiary/aromatic N) is 1. The average molecular weight is 635 g/mol. The number of carbonyl (C=O) groups is 7. The molecule has 0 radical (unpaired) electrons. The van der Waals surface area contributed by atoms with Crippen molar-refractivity contribution in [2.45, 2.75) is 44.8 Å². The minimum Gasteiger partial charge on any atom is -0.392 e. The van der Waals surface area contributed by atoms with E-state index in [1.54, 1.807) is 48.5 Å². The van der Waals surface area contributed by atoms with E-state index in [1.165, 1.54) is 12.2 Å². The maximum Gasteiger partial charge on any atom is 0.253 e. The molecule has 0 fully saturated rings. The van der Waals surface area contributed by atoms with Gasteiger partial charge in [-0.25, -0.2) is 0 Å². The Morgan fingerprint density at radius 1 is 0.674 bits per heavy atom.